The van der Waals surface area contributed by atoms with Gasteiger partial charge in [0.05, 0.1) is 0 Å². The van der Waals surface area contributed by atoms with Gasteiger partial charge in [0.1, 0.15) is 0 Å². The van der Waals surface area contributed by atoms with Gasteiger partial charge in [-0.05, 0) is 43.0 Å². The van der Waals surface area contributed by atoms with Crippen LogP contribution in [-0.2, 0) is 0 Å². The third kappa shape index (κ3) is 4.84. The van der Waals surface area contributed by atoms with Gasteiger partial charge >= 0.3 is 0 Å². The molecule has 0 N–H and O–H groups in total. The predicted octanol–water partition coefficient (Wildman–Crippen LogP) is 7.90. The summed E-state index contributed by atoms with van der Waals surface area (Å²) in [4.78, 5) is 15.6. The molecular formula is C45H31N3Si. The number of benzene rings is 7. The quantitative estimate of drug-likeness (QED) is 0.173. The van der Waals surface area contributed by atoms with E-state index in [9.17, 15) is 0 Å². The second-order valence-electron chi connectivity index (χ2n) is 12.4. The molecule has 4 heteroatoms. The molecule has 0 saturated carbocycles. The fourth-order valence-electron chi connectivity index (χ4n) is 7.47. The third-order valence-electron chi connectivity index (χ3n) is 9.63. The highest BCUT2D eigenvalue weighted by Gasteiger charge is 2.50. The zero-order valence-electron chi connectivity index (χ0n) is 26.7. The van der Waals surface area contributed by atoms with Gasteiger partial charge in [0.25, 0.3) is 0 Å². The number of fused-ring (bicyclic) bond motifs is 3. The molecule has 0 radical (unpaired) electrons. The van der Waals surface area contributed by atoms with E-state index in [1.54, 1.807) is 0 Å². The van der Waals surface area contributed by atoms with Gasteiger partial charge in [-0.2, -0.15) is 0 Å². The van der Waals surface area contributed by atoms with E-state index < -0.39 is 8.07 Å². The molecule has 3 nitrogen and oxygen atoms in total. The number of hydrogen-bond donors (Lipinski definition) is 0. The van der Waals surface area contributed by atoms with Crippen LogP contribution < -0.4 is 20.7 Å². The van der Waals surface area contributed by atoms with Crippen LogP contribution in [0.2, 0.25) is 0 Å². The summed E-state index contributed by atoms with van der Waals surface area (Å²) in [5, 5.41) is 5.40. The highest BCUT2D eigenvalue weighted by atomic mass is 28.3. The lowest BCUT2D eigenvalue weighted by molar-refractivity contribution is 1.08. The van der Waals surface area contributed by atoms with Crippen molar-refractivity contribution < 1.29 is 0 Å². The molecule has 0 bridgehead atoms. The smallest absolute Gasteiger partial charge is 0.181 e. The zero-order valence-corrected chi connectivity index (χ0v) is 27.7. The topological polar surface area (TPSA) is 38.7 Å². The van der Waals surface area contributed by atoms with Crippen molar-refractivity contribution in [2.24, 2.45) is 0 Å². The van der Waals surface area contributed by atoms with Gasteiger partial charge in [-0.3, -0.25) is 0 Å². The monoisotopic (exact) mass is 641 g/mol. The van der Waals surface area contributed by atoms with E-state index in [2.05, 4.69) is 164 Å². The molecule has 0 amide bonds. The van der Waals surface area contributed by atoms with E-state index in [1.165, 1.54) is 37.4 Å². The average molecular weight is 642 g/mol. The molecule has 230 valence electrons. The van der Waals surface area contributed by atoms with Crippen LogP contribution in [0.3, 0.4) is 0 Å². The van der Waals surface area contributed by atoms with E-state index in [-0.39, 0.29) is 0 Å². The van der Waals surface area contributed by atoms with Crippen molar-refractivity contribution in [2.45, 2.75) is 0 Å². The first-order valence-electron chi connectivity index (χ1n) is 16.6. The maximum Gasteiger partial charge on any atom is 0.181 e. The standard InChI is InChI=1S/C45H31N3Si/c1-5-16-32(17-6-1)33-28-30-35(31-29-33)44-46-43(34-18-7-2-8-19-34)47-45(48-44)40-26-15-25-39-38-24-13-14-27-41(38)49(42(39)40,36-20-9-3-10-21-36)37-22-11-4-12-23-37/h1-31H. The Bertz CT molecular complexity index is 2370. The first-order chi connectivity index (χ1) is 24.3. The molecule has 1 aromatic heterocycles. The highest BCUT2D eigenvalue weighted by molar-refractivity contribution is 7.22. The Morgan fingerprint density at radius 2 is 0.694 bits per heavy atom. The van der Waals surface area contributed by atoms with E-state index in [0.717, 1.165) is 22.3 Å². The van der Waals surface area contributed by atoms with Gasteiger partial charge in [-0.1, -0.05) is 188 Å². The summed E-state index contributed by atoms with van der Waals surface area (Å²) in [5.41, 5.74) is 7.83. The molecule has 9 rings (SSSR count). The van der Waals surface area contributed by atoms with Gasteiger partial charge < -0.3 is 0 Å². The summed E-state index contributed by atoms with van der Waals surface area (Å²) < 4.78 is 0. The molecule has 2 heterocycles. The molecule has 49 heavy (non-hydrogen) atoms. The number of hydrogen-bond acceptors (Lipinski definition) is 3. The van der Waals surface area contributed by atoms with Crippen molar-refractivity contribution in [3.05, 3.63) is 188 Å². The Kier molecular flexibility index (Phi) is 7.14. The van der Waals surface area contributed by atoms with Crippen LogP contribution in [0.4, 0.5) is 0 Å². The van der Waals surface area contributed by atoms with E-state index in [1.807, 2.05) is 24.3 Å². The molecule has 1 aliphatic rings. The Hall–Kier alpha value is -6.23. The molecule has 0 spiro atoms. The van der Waals surface area contributed by atoms with Crippen molar-refractivity contribution in [2.75, 3.05) is 0 Å². The number of aromatic nitrogens is 3. The fraction of sp³-hybridized carbons (Fsp3) is 0. The van der Waals surface area contributed by atoms with Crippen molar-refractivity contribution in [1.29, 1.82) is 0 Å². The highest BCUT2D eigenvalue weighted by Crippen LogP contribution is 2.34. The zero-order chi connectivity index (χ0) is 32.6. The van der Waals surface area contributed by atoms with Crippen molar-refractivity contribution in [3.8, 4) is 56.4 Å². The van der Waals surface area contributed by atoms with Gasteiger partial charge in [-0.25, -0.2) is 15.0 Å². The van der Waals surface area contributed by atoms with Crippen LogP contribution in [-0.4, -0.2) is 23.0 Å². The lowest BCUT2D eigenvalue weighted by atomic mass is 10.0. The molecule has 8 aromatic rings. The second-order valence-corrected chi connectivity index (χ2v) is 16.1. The summed E-state index contributed by atoms with van der Waals surface area (Å²) in [6, 6.07) is 67.0. The number of nitrogens with zero attached hydrogens (tertiary/aromatic N) is 3. The first kappa shape index (κ1) is 28.9. The molecule has 0 saturated heterocycles. The van der Waals surface area contributed by atoms with Crippen LogP contribution in [0.15, 0.2) is 188 Å². The minimum Gasteiger partial charge on any atom is -0.208 e. The first-order valence-corrected chi connectivity index (χ1v) is 18.6. The van der Waals surface area contributed by atoms with Gasteiger partial charge in [0.15, 0.2) is 25.5 Å². The summed E-state index contributed by atoms with van der Waals surface area (Å²) in [6.45, 7) is 0. The van der Waals surface area contributed by atoms with Crippen molar-refractivity contribution in [1.82, 2.24) is 15.0 Å². The summed E-state index contributed by atoms with van der Waals surface area (Å²) in [5.74, 6) is 2.00. The number of rotatable bonds is 6. The normalized spacial score (nSPS) is 12.7. The maximum atomic E-state index is 5.30. The minimum absolute atomic E-state index is 0.656. The summed E-state index contributed by atoms with van der Waals surface area (Å²) >= 11 is 0. The van der Waals surface area contributed by atoms with Crippen LogP contribution in [0, 0.1) is 0 Å². The molecule has 0 fully saturated rings. The Morgan fingerprint density at radius 1 is 0.286 bits per heavy atom. The lowest BCUT2D eigenvalue weighted by Crippen LogP contribution is -2.73. The van der Waals surface area contributed by atoms with Gasteiger partial charge in [-0.15, -0.1) is 0 Å². The molecule has 0 atom stereocenters. The predicted molar refractivity (Wildman–Crippen MR) is 204 cm³/mol. The van der Waals surface area contributed by atoms with Crippen LogP contribution in [0.5, 0.6) is 0 Å². The van der Waals surface area contributed by atoms with Crippen LogP contribution >= 0.6 is 0 Å². The summed E-state index contributed by atoms with van der Waals surface area (Å²) in [6.07, 6.45) is 0. The Labute approximate surface area is 287 Å². The SMILES string of the molecule is c1ccc(-c2ccc(-c3nc(-c4ccccc4)nc(-c4cccc5c4[Si](c4ccccc4)(c4ccccc4)c4ccccc4-5)n3)cc2)cc1. The molecule has 0 unspecified atom stereocenters. The molecule has 7 aromatic carbocycles. The van der Waals surface area contributed by atoms with Crippen molar-refractivity contribution in [3.63, 3.8) is 0 Å². The van der Waals surface area contributed by atoms with Crippen LogP contribution in [0.1, 0.15) is 0 Å². The fourth-order valence-corrected chi connectivity index (χ4v) is 12.8. The Morgan fingerprint density at radius 3 is 1.31 bits per heavy atom. The molecule has 0 aliphatic carbocycles. The second kappa shape index (κ2) is 12.1. The largest absolute Gasteiger partial charge is 0.208 e. The van der Waals surface area contributed by atoms with Gasteiger partial charge in [0.2, 0.25) is 0 Å². The lowest BCUT2D eigenvalue weighted by Gasteiger charge is -2.32. The van der Waals surface area contributed by atoms with Crippen LogP contribution in [0.25, 0.3) is 56.4 Å². The maximum absolute atomic E-state index is 5.30. The van der Waals surface area contributed by atoms with Crippen molar-refractivity contribution >= 4 is 28.8 Å². The van der Waals surface area contributed by atoms with E-state index in [0.29, 0.717) is 17.5 Å². The summed E-state index contributed by atoms with van der Waals surface area (Å²) in [7, 11) is -2.79. The average Bonchev–Trinajstić information content (AvgIpc) is 3.50. The van der Waals surface area contributed by atoms with E-state index >= 15 is 0 Å². The molecular weight excluding hydrogens is 611 g/mol. The Balaban J connectivity index is 1.32. The third-order valence-corrected chi connectivity index (χ3v) is 14.6. The minimum atomic E-state index is -2.79. The van der Waals surface area contributed by atoms with Gasteiger partial charge in [0, 0.05) is 16.7 Å². The van der Waals surface area contributed by atoms with E-state index in [4.69, 9.17) is 15.0 Å². The molecule has 1 aliphatic heterocycles.